The molecule has 0 radical (unpaired) electrons. The Kier molecular flexibility index (Phi) is 5.03. The summed E-state index contributed by atoms with van der Waals surface area (Å²) in [7, 11) is 3.26. The number of benzene rings is 2. The number of hydrogen-bond acceptors (Lipinski definition) is 5. The Morgan fingerprint density at radius 1 is 1.04 bits per heavy atom. The third kappa shape index (κ3) is 3.36. The van der Waals surface area contributed by atoms with E-state index in [-0.39, 0.29) is 12.7 Å². The Morgan fingerprint density at radius 2 is 1.76 bits per heavy atom. The van der Waals surface area contributed by atoms with E-state index in [1.807, 2.05) is 30.3 Å². The van der Waals surface area contributed by atoms with Crippen LogP contribution in [0.1, 0.15) is 24.0 Å². The maximum Gasteiger partial charge on any atom is 0.231 e. The van der Waals surface area contributed by atoms with Gasteiger partial charge in [0.25, 0.3) is 0 Å². The second-order valence-electron chi connectivity index (χ2n) is 5.68. The van der Waals surface area contributed by atoms with Gasteiger partial charge in [-0.1, -0.05) is 25.6 Å². The van der Waals surface area contributed by atoms with Crippen LogP contribution in [0.15, 0.2) is 43.0 Å². The van der Waals surface area contributed by atoms with E-state index in [9.17, 15) is 0 Å². The number of ether oxygens (including phenoxy) is 5. The van der Waals surface area contributed by atoms with Crippen molar-refractivity contribution in [3.63, 3.8) is 0 Å². The molecule has 0 aliphatic carbocycles. The first-order valence-electron chi connectivity index (χ1n) is 8.07. The molecule has 0 saturated carbocycles. The lowest BCUT2D eigenvalue weighted by molar-refractivity contribution is 0.174. The van der Waals surface area contributed by atoms with Crippen LogP contribution < -0.4 is 23.7 Å². The van der Waals surface area contributed by atoms with Crippen LogP contribution in [0.25, 0.3) is 0 Å². The molecular weight excluding hydrogens is 320 g/mol. The molecule has 132 valence electrons. The van der Waals surface area contributed by atoms with Crippen molar-refractivity contribution in [1.82, 2.24) is 0 Å². The lowest BCUT2D eigenvalue weighted by Crippen LogP contribution is -2.03. The normalized spacial score (nSPS) is 13.2. The van der Waals surface area contributed by atoms with Crippen molar-refractivity contribution >= 4 is 0 Å². The molecule has 0 amide bonds. The standard InChI is InChI=1S/C20H22O5/c1-5-8-23-17-11-20-19(24-12-25-20)10-15(17)13(2)14-6-7-16(21-3)18(9-14)22-4/h5-7,9-11,13H,1,8,12H2,2-4H3/t13-/m1/s1. The molecule has 3 rings (SSSR count). The van der Waals surface area contributed by atoms with Gasteiger partial charge in [0.05, 0.1) is 14.2 Å². The fraction of sp³-hybridized carbons (Fsp3) is 0.300. The van der Waals surface area contributed by atoms with E-state index in [0.717, 1.165) is 22.6 Å². The summed E-state index contributed by atoms with van der Waals surface area (Å²) < 4.78 is 27.6. The average molecular weight is 342 g/mol. The molecule has 1 atom stereocenters. The van der Waals surface area contributed by atoms with E-state index in [1.165, 1.54) is 0 Å². The van der Waals surface area contributed by atoms with Crippen molar-refractivity contribution in [2.24, 2.45) is 0 Å². The average Bonchev–Trinajstić information content (AvgIpc) is 3.11. The summed E-state index contributed by atoms with van der Waals surface area (Å²) in [4.78, 5) is 0. The fourth-order valence-electron chi connectivity index (χ4n) is 2.85. The number of methoxy groups -OCH3 is 2. The molecule has 0 unspecified atom stereocenters. The van der Waals surface area contributed by atoms with Crippen LogP contribution in [0.3, 0.4) is 0 Å². The van der Waals surface area contributed by atoms with Crippen LogP contribution in [0, 0.1) is 0 Å². The van der Waals surface area contributed by atoms with Gasteiger partial charge < -0.3 is 23.7 Å². The summed E-state index contributed by atoms with van der Waals surface area (Å²) >= 11 is 0. The summed E-state index contributed by atoms with van der Waals surface area (Å²) in [6, 6.07) is 9.75. The van der Waals surface area contributed by atoms with Crippen molar-refractivity contribution in [3.8, 4) is 28.7 Å². The second kappa shape index (κ2) is 7.38. The van der Waals surface area contributed by atoms with Crippen LogP contribution in [0.5, 0.6) is 28.7 Å². The molecular formula is C20H22O5. The largest absolute Gasteiger partial charge is 0.493 e. The third-order valence-electron chi connectivity index (χ3n) is 4.24. The van der Waals surface area contributed by atoms with Gasteiger partial charge in [-0.3, -0.25) is 0 Å². The first kappa shape index (κ1) is 17.0. The molecule has 0 fully saturated rings. The van der Waals surface area contributed by atoms with Crippen LogP contribution >= 0.6 is 0 Å². The van der Waals surface area contributed by atoms with Gasteiger partial charge in [-0.25, -0.2) is 0 Å². The Labute approximate surface area is 147 Å². The zero-order valence-electron chi connectivity index (χ0n) is 14.7. The van der Waals surface area contributed by atoms with E-state index in [1.54, 1.807) is 20.3 Å². The summed E-state index contributed by atoms with van der Waals surface area (Å²) in [5, 5.41) is 0. The summed E-state index contributed by atoms with van der Waals surface area (Å²) in [6.07, 6.45) is 1.72. The molecule has 5 nitrogen and oxygen atoms in total. The van der Waals surface area contributed by atoms with Crippen molar-refractivity contribution in [3.05, 3.63) is 54.1 Å². The van der Waals surface area contributed by atoms with Gasteiger partial charge in [-0.05, 0) is 23.8 Å². The highest BCUT2D eigenvalue weighted by Gasteiger charge is 2.22. The number of hydrogen-bond donors (Lipinski definition) is 0. The van der Waals surface area contributed by atoms with Gasteiger partial charge in [-0.15, -0.1) is 0 Å². The Bertz CT molecular complexity index is 769. The van der Waals surface area contributed by atoms with Crippen molar-refractivity contribution in [2.45, 2.75) is 12.8 Å². The predicted octanol–water partition coefficient (Wildman–Crippen LogP) is 4.15. The van der Waals surface area contributed by atoms with Crippen molar-refractivity contribution in [1.29, 1.82) is 0 Å². The second-order valence-corrected chi connectivity index (χ2v) is 5.68. The van der Waals surface area contributed by atoms with Gasteiger partial charge in [-0.2, -0.15) is 0 Å². The molecule has 0 N–H and O–H groups in total. The van der Waals surface area contributed by atoms with E-state index < -0.39 is 0 Å². The Balaban J connectivity index is 2.00. The van der Waals surface area contributed by atoms with E-state index in [0.29, 0.717) is 23.9 Å². The zero-order chi connectivity index (χ0) is 17.8. The summed E-state index contributed by atoms with van der Waals surface area (Å²) in [6.45, 7) is 6.47. The molecule has 0 bridgehead atoms. The highest BCUT2D eigenvalue weighted by Crippen LogP contribution is 2.43. The number of rotatable bonds is 7. The fourth-order valence-corrected chi connectivity index (χ4v) is 2.85. The highest BCUT2D eigenvalue weighted by molar-refractivity contribution is 5.55. The molecule has 0 aromatic heterocycles. The van der Waals surface area contributed by atoms with Crippen LogP contribution in [-0.2, 0) is 0 Å². The van der Waals surface area contributed by atoms with Gasteiger partial charge >= 0.3 is 0 Å². The maximum absolute atomic E-state index is 5.85. The van der Waals surface area contributed by atoms with Crippen molar-refractivity contribution in [2.75, 3.05) is 27.6 Å². The molecule has 1 aliphatic heterocycles. The van der Waals surface area contributed by atoms with Crippen LogP contribution in [-0.4, -0.2) is 27.6 Å². The first-order valence-corrected chi connectivity index (χ1v) is 8.07. The third-order valence-corrected chi connectivity index (χ3v) is 4.24. The van der Waals surface area contributed by atoms with Gasteiger partial charge in [0, 0.05) is 17.5 Å². The SMILES string of the molecule is C=CCOc1cc2c(cc1[C@H](C)c1ccc(OC)c(OC)c1)OCO2. The summed E-state index contributed by atoms with van der Waals surface area (Å²) in [5.41, 5.74) is 2.10. The smallest absolute Gasteiger partial charge is 0.231 e. The molecule has 1 heterocycles. The molecule has 5 heteroatoms. The quantitative estimate of drug-likeness (QED) is 0.708. The minimum atomic E-state index is 0.0640. The number of fused-ring (bicyclic) bond motifs is 1. The van der Waals surface area contributed by atoms with Gasteiger partial charge in [0.2, 0.25) is 6.79 Å². The minimum absolute atomic E-state index is 0.0640. The monoisotopic (exact) mass is 342 g/mol. The van der Waals surface area contributed by atoms with Gasteiger partial charge in [0.1, 0.15) is 12.4 Å². The Morgan fingerprint density at radius 3 is 2.44 bits per heavy atom. The Hall–Kier alpha value is -2.82. The molecule has 0 saturated heterocycles. The molecule has 2 aromatic rings. The van der Waals surface area contributed by atoms with Crippen LogP contribution in [0.4, 0.5) is 0 Å². The topological polar surface area (TPSA) is 46.2 Å². The lowest BCUT2D eigenvalue weighted by atomic mass is 9.91. The van der Waals surface area contributed by atoms with Crippen molar-refractivity contribution < 1.29 is 23.7 Å². The van der Waals surface area contributed by atoms with Gasteiger partial charge in [0.15, 0.2) is 23.0 Å². The maximum atomic E-state index is 5.85. The highest BCUT2D eigenvalue weighted by atomic mass is 16.7. The molecule has 2 aromatic carbocycles. The molecule has 0 spiro atoms. The molecule has 25 heavy (non-hydrogen) atoms. The van der Waals surface area contributed by atoms with E-state index in [4.69, 9.17) is 23.7 Å². The molecule has 1 aliphatic rings. The minimum Gasteiger partial charge on any atom is -0.493 e. The summed E-state index contributed by atoms with van der Waals surface area (Å²) in [5.74, 6) is 3.64. The first-order chi connectivity index (χ1) is 12.2. The van der Waals surface area contributed by atoms with E-state index in [2.05, 4.69) is 13.5 Å². The predicted molar refractivity (Wildman–Crippen MR) is 95.3 cm³/mol. The van der Waals surface area contributed by atoms with Crippen LogP contribution in [0.2, 0.25) is 0 Å². The van der Waals surface area contributed by atoms with E-state index >= 15 is 0 Å². The zero-order valence-corrected chi connectivity index (χ0v) is 14.7. The lowest BCUT2D eigenvalue weighted by Gasteiger charge is -2.19.